The maximum atomic E-state index is 5.96. The van der Waals surface area contributed by atoms with Crippen molar-refractivity contribution in [3.63, 3.8) is 0 Å². The van der Waals surface area contributed by atoms with Gasteiger partial charge >= 0.3 is 0 Å². The summed E-state index contributed by atoms with van der Waals surface area (Å²) < 4.78 is 10.1. The molecule has 3 rings (SSSR count). The summed E-state index contributed by atoms with van der Waals surface area (Å²) in [6.45, 7) is 0. The molecule has 0 fully saturated rings. The molecular formula is C12H7Cl2N3O2. The molecule has 0 aliphatic carbocycles. The van der Waals surface area contributed by atoms with E-state index in [2.05, 4.69) is 10.1 Å². The Morgan fingerprint density at radius 2 is 1.84 bits per heavy atom. The van der Waals surface area contributed by atoms with Gasteiger partial charge in [-0.1, -0.05) is 28.4 Å². The number of nitrogens with zero attached hydrogens (tertiary/aromatic N) is 2. The topological polar surface area (TPSA) is 78.1 Å². The standard InChI is InChI=1S/C12H7Cl2N3O2/c13-8-3-7(4-9(14)10(8)15)12-16-11(17-19-12)6-1-2-18-5-6/h1-5H,15H2. The lowest BCUT2D eigenvalue weighted by molar-refractivity contribution is 0.432. The van der Waals surface area contributed by atoms with Gasteiger partial charge in [-0.2, -0.15) is 4.98 Å². The summed E-state index contributed by atoms with van der Waals surface area (Å²) >= 11 is 11.9. The van der Waals surface area contributed by atoms with Gasteiger partial charge in [-0.05, 0) is 18.2 Å². The smallest absolute Gasteiger partial charge is 0.258 e. The normalized spacial score (nSPS) is 10.8. The van der Waals surface area contributed by atoms with Crippen molar-refractivity contribution in [2.24, 2.45) is 0 Å². The van der Waals surface area contributed by atoms with Crippen molar-refractivity contribution in [3.05, 3.63) is 40.8 Å². The van der Waals surface area contributed by atoms with Gasteiger partial charge in [-0.15, -0.1) is 0 Å². The fourth-order valence-electron chi connectivity index (χ4n) is 1.56. The molecule has 2 heterocycles. The molecule has 96 valence electrons. The first kappa shape index (κ1) is 12.1. The monoisotopic (exact) mass is 295 g/mol. The summed E-state index contributed by atoms with van der Waals surface area (Å²) in [4.78, 5) is 4.24. The van der Waals surface area contributed by atoms with Crippen molar-refractivity contribution >= 4 is 28.9 Å². The van der Waals surface area contributed by atoms with Crippen LogP contribution in [0.15, 0.2) is 39.7 Å². The van der Waals surface area contributed by atoms with E-state index >= 15 is 0 Å². The minimum absolute atomic E-state index is 0.306. The number of nitrogens with two attached hydrogens (primary N) is 1. The fraction of sp³-hybridized carbons (Fsp3) is 0. The molecule has 7 heteroatoms. The summed E-state index contributed by atoms with van der Waals surface area (Å²) in [6, 6.07) is 4.97. The molecular weight excluding hydrogens is 289 g/mol. The van der Waals surface area contributed by atoms with Crippen LogP contribution in [0.2, 0.25) is 10.0 Å². The molecule has 1 aromatic carbocycles. The number of rotatable bonds is 2. The molecule has 0 spiro atoms. The number of hydrogen-bond acceptors (Lipinski definition) is 5. The molecule has 0 saturated heterocycles. The van der Waals surface area contributed by atoms with Gasteiger partial charge in [0.2, 0.25) is 5.82 Å². The van der Waals surface area contributed by atoms with E-state index in [4.69, 9.17) is 37.9 Å². The third kappa shape index (κ3) is 2.18. The quantitative estimate of drug-likeness (QED) is 0.726. The number of anilines is 1. The molecule has 5 nitrogen and oxygen atoms in total. The van der Waals surface area contributed by atoms with E-state index in [0.717, 1.165) is 5.56 Å². The van der Waals surface area contributed by atoms with Crippen LogP contribution in [0.4, 0.5) is 5.69 Å². The molecule has 0 bridgehead atoms. The Hall–Kier alpha value is -1.98. The number of furan rings is 1. The third-order valence-electron chi connectivity index (χ3n) is 2.53. The van der Waals surface area contributed by atoms with Gasteiger partial charge in [0.15, 0.2) is 0 Å². The highest BCUT2D eigenvalue weighted by molar-refractivity contribution is 6.39. The molecule has 0 amide bonds. The Balaban J connectivity index is 2.04. The molecule has 19 heavy (non-hydrogen) atoms. The van der Waals surface area contributed by atoms with Gasteiger partial charge < -0.3 is 14.7 Å². The van der Waals surface area contributed by atoms with Crippen LogP contribution < -0.4 is 5.73 Å². The van der Waals surface area contributed by atoms with E-state index in [0.29, 0.717) is 33.0 Å². The van der Waals surface area contributed by atoms with Crippen molar-refractivity contribution in [3.8, 4) is 22.8 Å². The van der Waals surface area contributed by atoms with Crippen molar-refractivity contribution < 1.29 is 8.94 Å². The zero-order chi connectivity index (χ0) is 13.4. The zero-order valence-electron chi connectivity index (χ0n) is 9.43. The second-order valence-corrected chi connectivity index (χ2v) is 4.60. The first-order valence-corrected chi connectivity index (χ1v) is 6.02. The highest BCUT2D eigenvalue weighted by atomic mass is 35.5. The molecule has 0 unspecified atom stereocenters. The first-order chi connectivity index (χ1) is 9.15. The Morgan fingerprint density at radius 1 is 1.11 bits per heavy atom. The molecule has 3 aromatic rings. The zero-order valence-corrected chi connectivity index (χ0v) is 10.9. The summed E-state index contributed by atoms with van der Waals surface area (Å²) in [5.74, 6) is 0.729. The SMILES string of the molecule is Nc1c(Cl)cc(-c2nc(-c3ccoc3)no2)cc1Cl. The number of aromatic nitrogens is 2. The van der Waals surface area contributed by atoms with Crippen LogP contribution in [0.3, 0.4) is 0 Å². The Bertz CT molecular complexity index is 699. The average molecular weight is 296 g/mol. The third-order valence-corrected chi connectivity index (χ3v) is 3.16. The van der Waals surface area contributed by atoms with Crippen LogP contribution >= 0.6 is 23.2 Å². The predicted octanol–water partition coefficient (Wildman–Crippen LogP) is 3.89. The average Bonchev–Trinajstić information content (AvgIpc) is 3.05. The predicted molar refractivity (Wildman–Crippen MR) is 71.9 cm³/mol. The van der Waals surface area contributed by atoms with Crippen molar-refractivity contribution in [1.29, 1.82) is 0 Å². The van der Waals surface area contributed by atoms with E-state index in [1.54, 1.807) is 18.2 Å². The second-order valence-electron chi connectivity index (χ2n) is 3.79. The maximum Gasteiger partial charge on any atom is 0.258 e. The summed E-state index contributed by atoms with van der Waals surface area (Å²) in [5.41, 5.74) is 7.32. The van der Waals surface area contributed by atoms with Crippen LogP contribution in [0.5, 0.6) is 0 Å². The second kappa shape index (κ2) is 4.60. The summed E-state index contributed by atoms with van der Waals surface area (Å²) in [5, 5.41) is 4.53. The fourth-order valence-corrected chi connectivity index (χ4v) is 2.04. The molecule has 0 atom stereocenters. The van der Waals surface area contributed by atoms with Crippen LogP contribution in [-0.4, -0.2) is 10.1 Å². The molecule has 2 N–H and O–H groups in total. The van der Waals surface area contributed by atoms with E-state index < -0.39 is 0 Å². The molecule has 0 saturated carbocycles. The van der Waals surface area contributed by atoms with Crippen molar-refractivity contribution in [1.82, 2.24) is 10.1 Å². The van der Waals surface area contributed by atoms with Gasteiger partial charge in [-0.3, -0.25) is 0 Å². The minimum atomic E-state index is 0.306. The minimum Gasteiger partial charge on any atom is -0.472 e. The molecule has 0 radical (unpaired) electrons. The first-order valence-electron chi connectivity index (χ1n) is 5.26. The van der Waals surface area contributed by atoms with Crippen LogP contribution in [0.25, 0.3) is 22.8 Å². The molecule has 0 aliphatic heterocycles. The Kier molecular flexibility index (Phi) is 2.93. The van der Waals surface area contributed by atoms with E-state index in [1.807, 2.05) is 0 Å². The lowest BCUT2D eigenvalue weighted by Crippen LogP contribution is -1.89. The molecule has 0 aliphatic rings. The van der Waals surface area contributed by atoms with Gasteiger partial charge in [0.05, 0.1) is 27.6 Å². The highest BCUT2D eigenvalue weighted by Gasteiger charge is 2.14. The molecule has 2 aromatic heterocycles. The summed E-state index contributed by atoms with van der Waals surface area (Å²) in [6.07, 6.45) is 3.06. The number of nitrogen functional groups attached to an aromatic ring is 1. The lowest BCUT2D eigenvalue weighted by Gasteiger charge is -2.02. The highest BCUT2D eigenvalue weighted by Crippen LogP contribution is 2.33. The van der Waals surface area contributed by atoms with Crippen LogP contribution in [0, 0.1) is 0 Å². The van der Waals surface area contributed by atoms with Gasteiger partial charge in [0.25, 0.3) is 5.89 Å². The lowest BCUT2D eigenvalue weighted by atomic mass is 10.2. The Labute approximate surface area is 117 Å². The van der Waals surface area contributed by atoms with E-state index in [-0.39, 0.29) is 0 Å². The van der Waals surface area contributed by atoms with E-state index in [9.17, 15) is 0 Å². The van der Waals surface area contributed by atoms with Gasteiger partial charge in [0.1, 0.15) is 6.26 Å². The van der Waals surface area contributed by atoms with Crippen molar-refractivity contribution in [2.75, 3.05) is 5.73 Å². The largest absolute Gasteiger partial charge is 0.472 e. The number of benzene rings is 1. The van der Waals surface area contributed by atoms with Gasteiger partial charge in [0, 0.05) is 5.56 Å². The van der Waals surface area contributed by atoms with Gasteiger partial charge in [-0.25, -0.2) is 0 Å². The van der Waals surface area contributed by atoms with E-state index in [1.165, 1.54) is 12.5 Å². The Morgan fingerprint density at radius 3 is 2.47 bits per heavy atom. The number of hydrogen-bond donors (Lipinski definition) is 1. The van der Waals surface area contributed by atoms with Crippen LogP contribution in [0.1, 0.15) is 0 Å². The van der Waals surface area contributed by atoms with Crippen LogP contribution in [-0.2, 0) is 0 Å². The maximum absolute atomic E-state index is 5.96. The summed E-state index contributed by atoms with van der Waals surface area (Å²) in [7, 11) is 0. The van der Waals surface area contributed by atoms with Crippen molar-refractivity contribution in [2.45, 2.75) is 0 Å². The number of halogens is 2.